The van der Waals surface area contributed by atoms with Gasteiger partial charge < -0.3 is 19.5 Å². The maximum atomic E-state index is 13.9. The van der Waals surface area contributed by atoms with Crippen molar-refractivity contribution in [2.75, 3.05) is 18.4 Å². The maximum Gasteiger partial charge on any atom is 0.321 e. The molecule has 0 aliphatic carbocycles. The molecule has 0 radical (unpaired) electrons. The minimum atomic E-state index is -2.29. The molecule has 1 saturated heterocycles. The topological polar surface area (TPSA) is 63.6 Å². The van der Waals surface area contributed by atoms with Crippen LogP contribution in [0.5, 0.6) is 11.5 Å². The van der Waals surface area contributed by atoms with Crippen molar-refractivity contribution in [2.45, 2.75) is 18.9 Å². The second-order valence-electron chi connectivity index (χ2n) is 8.56. The van der Waals surface area contributed by atoms with Crippen LogP contribution in [-0.4, -0.2) is 28.6 Å². The molecule has 1 N–H and O–H groups in total. The molecule has 2 aromatic carbocycles. The summed E-state index contributed by atoms with van der Waals surface area (Å²) in [7, 11) is 0. The molecular weight excluding hydrogens is 473 g/mol. The maximum absolute atomic E-state index is 13.9. The number of likely N-dealkylation sites (tertiary alicyclic amines) is 1. The second kappa shape index (κ2) is 8.71. The molecule has 6 nitrogen and oxygen atoms in total. The highest BCUT2D eigenvalue weighted by molar-refractivity contribution is 5.89. The Balaban J connectivity index is 1.32. The van der Waals surface area contributed by atoms with E-state index in [1.807, 2.05) is 6.07 Å². The minimum absolute atomic E-state index is 0.00559. The molecule has 182 valence electrons. The number of anilines is 1. The highest BCUT2D eigenvalue weighted by atomic mass is 19.2. The standard InChI is InChI=1S/C24H18F5N3O3/c25-18-19(26)21(28)23(22(29)20(18)27)35-15-4-1-3-14(8-15)30-24(34)31-9-12-7-13(11-31)16-5-2-6-17(33)32(16)10-12/h1-6,8,12-13H,7,9-11H2,(H,30,34)/t12-,13+/m0/s1. The Morgan fingerprint density at radius 1 is 0.886 bits per heavy atom. The first-order valence-electron chi connectivity index (χ1n) is 10.8. The first-order chi connectivity index (χ1) is 16.7. The summed E-state index contributed by atoms with van der Waals surface area (Å²) in [6, 6.07) is 9.99. The van der Waals surface area contributed by atoms with E-state index in [0.29, 0.717) is 19.6 Å². The molecule has 0 unspecified atom stereocenters. The minimum Gasteiger partial charge on any atom is -0.451 e. The number of urea groups is 1. The molecule has 1 fully saturated rings. The number of amides is 2. The normalized spacial score (nSPS) is 18.7. The Hall–Kier alpha value is -3.89. The number of aromatic nitrogens is 1. The van der Waals surface area contributed by atoms with Crippen LogP contribution in [0.1, 0.15) is 18.0 Å². The lowest BCUT2D eigenvalue weighted by molar-refractivity contribution is 0.139. The summed E-state index contributed by atoms with van der Waals surface area (Å²) in [6.07, 6.45) is 0.860. The van der Waals surface area contributed by atoms with Crippen LogP contribution in [-0.2, 0) is 6.54 Å². The summed E-state index contributed by atoms with van der Waals surface area (Å²) in [5.41, 5.74) is 1.01. The third-order valence-corrected chi connectivity index (χ3v) is 6.24. The van der Waals surface area contributed by atoms with Gasteiger partial charge in [-0.05, 0) is 30.5 Å². The van der Waals surface area contributed by atoms with E-state index >= 15 is 0 Å². The summed E-state index contributed by atoms with van der Waals surface area (Å²) in [6.45, 7) is 1.34. The summed E-state index contributed by atoms with van der Waals surface area (Å²) >= 11 is 0. The molecule has 2 amide bonds. The number of rotatable bonds is 3. The molecule has 3 heterocycles. The van der Waals surface area contributed by atoms with Crippen LogP contribution in [0.2, 0.25) is 0 Å². The van der Waals surface area contributed by atoms with Gasteiger partial charge in [0.1, 0.15) is 5.75 Å². The zero-order valence-corrected chi connectivity index (χ0v) is 18.0. The zero-order chi connectivity index (χ0) is 24.9. The summed E-state index contributed by atoms with van der Waals surface area (Å²) < 4.78 is 74.7. The molecule has 0 saturated carbocycles. The summed E-state index contributed by atoms with van der Waals surface area (Å²) in [5.74, 6) is -12.3. The fourth-order valence-corrected chi connectivity index (χ4v) is 4.69. The van der Waals surface area contributed by atoms with E-state index in [-0.39, 0.29) is 28.8 Å². The molecule has 2 aliphatic heterocycles. The van der Waals surface area contributed by atoms with Crippen LogP contribution in [0, 0.1) is 35.0 Å². The lowest BCUT2D eigenvalue weighted by Crippen LogP contribution is -2.50. The van der Waals surface area contributed by atoms with Crippen molar-refractivity contribution in [3.8, 4) is 11.5 Å². The van der Waals surface area contributed by atoms with Gasteiger partial charge in [-0.1, -0.05) is 12.1 Å². The number of halogens is 5. The van der Waals surface area contributed by atoms with Gasteiger partial charge in [0.05, 0.1) is 0 Å². The monoisotopic (exact) mass is 491 g/mol. The van der Waals surface area contributed by atoms with Gasteiger partial charge >= 0.3 is 6.03 Å². The predicted molar refractivity (Wildman–Crippen MR) is 115 cm³/mol. The van der Waals surface area contributed by atoms with Crippen LogP contribution >= 0.6 is 0 Å². The molecule has 35 heavy (non-hydrogen) atoms. The number of piperidine rings is 1. The number of fused-ring (bicyclic) bond motifs is 4. The number of carbonyl (C=O) groups is 1. The van der Waals surface area contributed by atoms with Crippen molar-refractivity contribution in [3.63, 3.8) is 0 Å². The number of nitrogens with one attached hydrogen (secondary N) is 1. The molecule has 2 atom stereocenters. The van der Waals surface area contributed by atoms with Crippen molar-refractivity contribution in [1.82, 2.24) is 9.47 Å². The number of carbonyl (C=O) groups excluding carboxylic acids is 1. The largest absolute Gasteiger partial charge is 0.451 e. The average Bonchev–Trinajstić information content (AvgIpc) is 2.85. The van der Waals surface area contributed by atoms with Crippen LogP contribution in [0.25, 0.3) is 0 Å². The van der Waals surface area contributed by atoms with Crippen molar-refractivity contribution in [3.05, 3.63) is 87.6 Å². The van der Waals surface area contributed by atoms with E-state index < -0.39 is 40.9 Å². The van der Waals surface area contributed by atoms with Crippen molar-refractivity contribution < 1.29 is 31.5 Å². The quantitative estimate of drug-likeness (QED) is 0.319. The highest BCUT2D eigenvalue weighted by Crippen LogP contribution is 2.36. The van der Waals surface area contributed by atoms with E-state index in [0.717, 1.165) is 12.1 Å². The van der Waals surface area contributed by atoms with Gasteiger partial charge in [0.25, 0.3) is 5.56 Å². The smallest absolute Gasteiger partial charge is 0.321 e. The lowest BCUT2D eigenvalue weighted by Gasteiger charge is -2.42. The SMILES string of the molecule is O=C(Nc1cccc(Oc2c(F)c(F)c(F)c(F)c2F)c1)N1C[C@@H]2C[C@H](C1)c1cccc(=O)n1C2. The van der Waals surface area contributed by atoms with Crippen LogP contribution < -0.4 is 15.6 Å². The molecule has 0 spiro atoms. The summed E-state index contributed by atoms with van der Waals surface area (Å²) in [5, 5.41) is 2.67. The lowest BCUT2D eigenvalue weighted by atomic mass is 9.83. The molecule has 2 bridgehead atoms. The van der Waals surface area contributed by atoms with Gasteiger partial charge in [0, 0.05) is 49.1 Å². The first kappa shape index (κ1) is 22.9. The van der Waals surface area contributed by atoms with E-state index in [9.17, 15) is 31.5 Å². The van der Waals surface area contributed by atoms with Gasteiger partial charge in [0.2, 0.25) is 34.8 Å². The number of benzene rings is 2. The number of nitrogens with zero attached hydrogens (tertiary/aromatic N) is 2. The first-order valence-corrected chi connectivity index (χ1v) is 10.8. The molecule has 5 rings (SSSR count). The number of hydrogen-bond acceptors (Lipinski definition) is 3. The van der Waals surface area contributed by atoms with E-state index in [1.165, 1.54) is 30.3 Å². The molecule has 3 aromatic rings. The summed E-state index contributed by atoms with van der Waals surface area (Å²) in [4.78, 5) is 26.7. The predicted octanol–water partition coefficient (Wildman–Crippen LogP) is 4.99. The molecule has 11 heteroatoms. The Kier molecular flexibility index (Phi) is 5.70. The molecule has 2 aliphatic rings. The van der Waals surface area contributed by atoms with Gasteiger partial charge in [-0.3, -0.25) is 4.79 Å². The van der Waals surface area contributed by atoms with E-state index in [2.05, 4.69) is 5.32 Å². The third-order valence-electron chi connectivity index (χ3n) is 6.24. The number of pyridine rings is 1. The average molecular weight is 491 g/mol. The van der Waals surface area contributed by atoms with Crippen LogP contribution in [0.4, 0.5) is 32.4 Å². The fourth-order valence-electron chi connectivity index (χ4n) is 4.69. The van der Waals surface area contributed by atoms with Gasteiger partial charge in [0.15, 0.2) is 0 Å². The van der Waals surface area contributed by atoms with Crippen molar-refractivity contribution in [1.29, 1.82) is 0 Å². The number of hydrogen-bond donors (Lipinski definition) is 1. The van der Waals surface area contributed by atoms with Gasteiger partial charge in [-0.2, -0.15) is 8.78 Å². The van der Waals surface area contributed by atoms with Crippen molar-refractivity contribution in [2.24, 2.45) is 5.92 Å². The van der Waals surface area contributed by atoms with Gasteiger partial charge in [-0.15, -0.1) is 0 Å². The van der Waals surface area contributed by atoms with E-state index in [1.54, 1.807) is 15.5 Å². The van der Waals surface area contributed by atoms with Crippen LogP contribution in [0.15, 0.2) is 47.3 Å². The second-order valence-corrected chi connectivity index (χ2v) is 8.56. The van der Waals surface area contributed by atoms with E-state index in [4.69, 9.17) is 4.74 Å². The fraction of sp³-hybridized carbons (Fsp3) is 0.250. The molecular formula is C24H18F5N3O3. The Labute approximate surface area is 195 Å². The van der Waals surface area contributed by atoms with Gasteiger partial charge in [-0.25, -0.2) is 18.0 Å². The Morgan fingerprint density at radius 2 is 1.57 bits per heavy atom. The van der Waals surface area contributed by atoms with Crippen LogP contribution in [0.3, 0.4) is 0 Å². The Morgan fingerprint density at radius 3 is 2.31 bits per heavy atom. The Bertz CT molecular complexity index is 1360. The number of ether oxygens (including phenoxy) is 1. The highest BCUT2D eigenvalue weighted by Gasteiger charge is 2.36. The van der Waals surface area contributed by atoms with Crippen molar-refractivity contribution >= 4 is 11.7 Å². The molecule has 1 aromatic heterocycles. The zero-order valence-electron chi connectivity index (χ0n) is 18.0. The third kappa shape index (κ3) is 4.11.